The lowest BCUT2D eigenvalue weighted by atomic mass is 10.2. The molecule has 2 aromatic carbocycles. The van der Waals surface area contributed by atoms with Crippen LogP contribution >= 0.6 is 11.3 Å². The number of hydrogen-bond donors (Lipinski definition) is 3. The Balaban J connectivity index is 1.50. The molecule has 148 valence electrons. The summed E-state index contributed by atoms with van der Waals surface area (Å²) in [5.74, 6) is 0.0960. The molecule has 0 aliphatic rings. The number of ether oxygens (including phenoxy) is 1. The van der Waals surface area contributed by atoms with Crippen molar-refractivity contribution in [3.05, 3.63) is 64.7 Å². The Morgan fingerprint density at radius 3 is 2.55 bits per heavy atom. The van der Waals surface area contributed by atoms with Gasteiger partial charge in [-0.3, -0.25) is 14.9 Å². The predicted octanol–water partition coefficient (Wildman–Crippen LogP) is 2.20. The Morgan fingerprint density at radius 2 is 1.86 bits per heavy atom. The van der Waals surface area contributed by atoms with E-state index in [0.717, 1.165) is 16.9 Å². The lowest BCUT2D eigenvalue weighted by Gasteiger charge is -2.02. The first kappa shape index (κ1) is 20.0. The highest BCUT2D eigenvalue weighted by atomic mass is 32.1. The third kappa shape index (κ3) is 5.84. The first-order valence-corrected chi connectivity index (χ1v) is 9.24. The van der Waals surface area contributed by atoms with Crippen molar-refractivity contribution in [2.75, 3.05) is 12.4 Å². The molecule has 0 atom stereocenters. The van der Waals surface area contributed by atoms with E-state index in [4.69, 9.17) is 4.74 Å². The minimum atomic E-state index is -0.371. The van der Waals surface area contributed by atoms with Gasteiger partial charge in [0.25, 0.3) is 5.91 Å². The number of nitrogens with zero attached hydrogens (tertiary/aromatic N) is 3. The fourth-order valence-corrected chi connectivity index (χ4v) is 2.94. The smallest absolute Gasteiger partial charge is 0.257 e. The molecule has 0 aliphatic carbocycles. The number of phenols is 1. The minimum absolute atomic E-state index is 0.0248. The maximum absolute atomic E-state index is 12.2. The monoisotopic (exact) mass is 411 g/mol. The van der Waals surface area contributed by atoms with Gasteiger partial charge < -0.3 is 9.84 Å². The molecule has 0 saturated carbocycles. The van der Waals surface area contributed by atoms with Gasteiger partial charge in [0.1, 0.15) is 16.5 Å². The zero-order valence-electron chi connectivity index (χ0n) is 15.3. The van der Waals surface area contributed by atoms with Gasteiger partial charge in [0, 0.05) is 5.56 Å². The first-order valence-electron chi connectivity index (χ1n) is 8.42. The van der Waals surface area contributed by atoms with Crippen molar-refractivity contribution in [3.63, 3.8) is 0 Å². The molecule has 2 amide bonds. The molecule has 1 heterocycles. The molecule has 3 rings (SSSR count). The predicted molar refractivity (Wildman–Crippen MR) is 108 cm³/mol. The van der Waals surface area contributed by atoms with E-state index in [1.54, 1.807) is 43.5 Å². The van der Waals surface area contributed by atoms with Crippen molar-refractivity contribution < 1.29 is 19.4 Å². The van der Waals surface area contributed by atoms with Crippen LogP contribution < -0.4 is 15.5 Å². The number of aromatic hydroxyl groups is 1. The molecule has 1 aromatic heterocycles. The van der Waals surface area contributed by atoms with Crippen molar-refractivity contribution in [2.24, 2.45) is 5.10 Å². The normalized spacial score (nSPS) is 10.7. The quantitative estimate of drug-likeness (QED) is 0.404. The molecular weight excluding hydrogens is 394 g/mol. The molecule has 3 N–H and O–H groups in total. The number of carbonyl (C=O) groups is 2. The number of hydrazone groups is 1. The number of anilines is 1. The molecule has 29 heavy (non-hydrogen) atoms. The van der Waals surface area contributed by atoms with Crippen LogP contribution in [0.2, 0.25) is 0 Å². The molecule has 0 spiro atoms. The Bertz CT molecular complexity index is 1020. The van der Waals surface area contributed by atoms with Crippen LogP contribution in [0.1, 0.15) is 20.9 Å². The maximum atomic E-state index is 12.2. The Hall–Kier alpha value is -3.79. The minimum Gasteiger partial charge on any atom is -0.508 e. The van der Waals surface area contributed by atoms with Crippen molar-refractivity contribution in [1.82, 2.24) is 15.6 Å². The van der Waals surface area contributed by atoms with Crippen LogP contribution in [-0.4, -0.2) is 40.4 Å². The number of benzene rings is 2. The van der Waals surface area contributed by atoms with Gasteiger partial charge in [-0.25, -0.2) is 5.43 Å². The van der Waals surface area contributed by atoms with E-state index < -0.39 is 0 Å². The van der Waals surface area contributed by atoms with Gasteiger partial charge >= 0.3 is 0 Å². The number of amides is 2. The van der Waals surface area contributed by atoms with Gasteiger partial charge in [0.05, 0.1) is 19.7 Å². The average molecular weight is 411 g/mol. The van der Waals surface area contributed by atoms with Gasteiger partial charge in [-0.05, 0) is 54.1 Å². The lowest BCUT2D eigenvalue weighted by Crippen LogP contribution is -2.19. The molecule has 10 heteroatoms. The third-order valence-corrected chi connectivity index (χ3v) is 4.49. The van der Waals surface area contributed by atoms with Crippen molar-refractivity contribution in [1.29, 1.82) is 0 Å². The van der Waals surface area contributed by atoms with Crippen molar-refractivity contribution in [2.45, 2.75) is 6.42 Å². The van der Waals surface area contributed by atoms with Crippen LogP contribution in [0, 0.1) is 0 Å². The zero-order chi connectivity index (χ0) is 20.6. The number of methoxy groups -OCH3 is 1. The number of aromatic nitrogens is 2. The second-order valence-electron chi connectivity index (χ2n) is 5.75. The largest absolute Gasteiger partial charge is 0.508 e. The fourth-order valence-electron chi connectivity index (χ4n) is 2.20. The van der Waals surface area contributed by atoms with Crippen molar-refractivity contribution in [3.8, 4) is 11.5 Å². The van der Waals surface area contributed by atoms with E-state index in [0.29, 0.717) is 21.5 Å². The Kier molecular flexibility index (Phi) is 6.48. The number of nitrogens with one attached hydrogen (secondary N) is 2. The summed E-state index contributed by atoms with van der Waals surface area (Å²) in [7, 11) is 1.55. The van der Waals surface area contributed by atoms with E-state index in [-0.39, 0.29) is 24.0 Å². The molecule has 0 saturated heterocycles. The van der Waals surface area contributed by atoms with E-state index >= 15 is 0 Å². The maximum Gasteiger partial charge on any atom is 0.257 e. The van der Waals surface area contributed by atoms with E-state index in [1.165, 1.54) is 18.3 Å². The van der Waals surface area contributed by atoms with Crippen LogP contribution in [0.5, 0.6) is 11.5 Å². The highest BCUT2D eigenvalue weighted by Gasteiger charge is 2.12. The van der Waals surface area contributed by atoms with Crippen LogP contribution in [0.15, 0.2) is 53.6 Å². The molecular formula is C19H17N5O4S. The SMILES string of the molecule is COc1ccc(C(=O)Nc2nnc(CC(=O)N/N=C/c3ccc(O)cc3)s2)cc1. The molecule has 0 aliphatic heterocycles. The second kappa shape index (κ2) is 9.42. The summed E-state index contributed by atoms with van der Waals surface area (Å²) in [6, 6.07) is 13.0. The van der Waals surface area contributed by atoms with Crippen LogP contribution in [0.4, 0.5) is 5.13 Å². The summed E-state index contributed by atoms with van der Waals surface area (Å²) in [5, 5.41) is 24.2. The van der Waals surface area contributed by atoms with E-state index in [9.17, 15) is 14.7 Å². The Morgan fingerprint density at radius 1 is 1.14 bits per heavy atom. The topological polar surface area (TPSA) is 126 Å². The molecule has 3 aromatic rings. The highest BCUT2D eigenvalue weighted by molar-refractivity contribution is 7.15. The number of hydrogen-bond acceptors (Lipinski definition) is 8. The second-order valence-corrected chi connectivity index (χ2v) is 6.81. The van der Waals surface area contributed by atoms with Crippen LogP contribution in [-0.2, 0) is 11.2 Å². The molecule has 0 bridgehead atoms. The average Bonchev–Trinajstić information content (AvgIpc) is 3.16. The molecule has 0 fully saturated rings. The van der Waals surface area contributed by atoms with E-state index in [1.807, 2.05) is 0 Å². The van der Waals surface area contributed by atoms with Gasteiger partial charge in [-0.15, -0.1) is 10.2 Å². The van der Waals surface area contributed by atoms with Gasteiger partial charge in [0.2, 0.25) is 11.0 Å². The van der Waals surface area contributed by atoms with Crippen molar-refractivity contribution >= 4 is 34.5 Å². The number of rotatable bonds is 7. The molecule has 9 nitrogen and oxygen atoms in total. The summed E-state index contributed by atoms with van der Waals surface area (Å²) in [6.07, 6.45) is 1.43. The zero-order valence-corrected chi connectivity index (χ0v) is 16.1. The summed E-state index contributed by atoms with van der Waals surface area (Å²) in [6.45, 7) is 0. The summed E-state index contributed by atoms with van der Waals surface area (Å²) in [4.78, 5) is 24.2. The first-order chi connectivity index (χ1) is 14.0. The summed E-state index contributed by atoms with van der Waals surface area (Å²) >= 11 is 1.10. The lowest BCUT2D eigenvalue weighted by molar-refractivity contribution is -0.120. The van der Waals surface area contributed by atoms with Crippen LogP contribution in [0.25, 0.3) is 0 Å². The standard InChI is InChI=1S/C19H17N5O4S/c1-28-15-8-4-13(5-9-15)18(27)21-19-24-23-17(29-19)10-16(26)22-20-11-12-2-6-14(25)7-3-12/h2-9,11,25H,10H2,1H3,(H,22,26)(H,21,24,27)/b20-11+. The van der Waals surface area contributed by atoms with Gasteiger partial charge in [0.15, 0.2) is 0 Å². The van der Waals surface area contributed by atoms with Gasteiger partial charge in [-0.1, -0.05) is 11.3 Å². The number of carbonyl (C=O) groups excluding carboxylic acids is 2. The third-order valence-electron chi connectivity index (χ3n) is 3.65. The summed E-state index contributed by atoms with van der Waals surface area (Å²) in [5.41, 5.74) is 3.56. The molecule has 0 unspecified atom stereocenters. The van der Waals surface area contributed by atoms with Crippen LogP contribution in [0.3, 0.4) is 0 Å². The van der Waals surface area contributed by atoms with E-state index in [2.05, 4.69) is 26.0 Å². The fraction of sp³-hybridized carbons (Fsp3) is 0.105. The highest BCUT2D eigenvalue weighted by Crippen LogP contribution is 2.18. The summed E-state index contributed by atoms with van der Waals surface area (Å²) < 4.78 is 5.06. The molecule has 0 radical (unpaired) electrons. The Labute approximate surface area is 170 Å². The van der Waals surface area contributed by atoms with Gasteiger partial charge in [-0.2, -0.15) is 5.10 Å². The number of phenolic OH excluding ortho intramolecular Hbond substituents is 1.